The van der Waals surface area contributed by atoms with E-state index in [2.05, 4.69) is 34.8 Å². The van der Waals surface area contributed by atoms with E-state index in [0.717, 1.165) is 74.6 Å². The first-order chi connectivity index (χ1) is 13.3. The van der Waals surface area contributed by atoms with E-state index >= 15 is 0 Å². The molecule has 9 heteroatoms. The second kappa shape index (κ2) is 6.73. The van der Waals surface area contributed by atoms with Gasteiger partial charge in [0.15, 0.2) is 11.5 Å². The molecule has 5 rings (SSSR count). The van der Waals surface area contributed by atoms with Gasteiger partial charge in [-0.3, -0.25) is 9.69 Å². The molecule has 0 spiro atoms. The van der Waals surface area contributed by atoms with Gasteiger partial charge in [-0.15, -0.1) is 0 Å². The molecule has 1 saturated heterocycles. The number of aromatic amines is 1. The fourth-order valence-corrected chi connectivity index (χ4v) is 4.01. The third-order valence-corrected chi connectivity index (χ3v) is 5.53. The molecule has 1 N–H and O–H groups in total. The van der Waals surface area contributed by atoms with Crippen LogP contribution in [0.5, 0.6) is 0 Å². The minimum atomic E-state index is 0.0249. The molecule has 0 atom stereocenters. The minimum absolute atomic E-state index is 0.0249. The molecule has 3 aromatic rings. The SMILES string of the molecule is O=c1cc2c(nn1CCN1CCN(c3ncnc4nc[nH]c34)CC1)CCC2. The summed E-state index contributed by atoms with van der Waals surface area (Å²) >= 11 is 0. The molecule has 1 aliphatic heterocycles. The maximum Gasteiger partial charge on any atom is 0.267 e. The van der Waals surface area contributed by atoms with E-state index in [-0.39, 0.29) is 5.56 Å². The molecule has 2 aliphatic rings. The molecular formula is C18H22N8O. The highest BCUT2D eigenvalue weighted by atomic mass is 16.1. The normalized spacial score (nSPS) is 17.6. The number of rotatable bonds is 4. The van der Waals surface area contributed by atoms with Gasteiger partial charge in [0.2, 0.25) is 0 Å². The molecule has 0 unspecified atom stereocenters. The second-order valence-electron chi connectivity index (χ2n) is 7.16. The van der Waals surface area contributed by atoms with Crippen molar-refractivity contribution in [3.05, 3.63) is 40.3 Å². The monoisotopic (exact) mass is 366 g/mol. The fourth-order valence-electron chi connectivity index (χ4n) is 4.01. The number of fused-ring (bicyclic) bond motifs is 2. The van der Waals surface area contributed by atoms with Gasteiger partial charge in [0.1, 0.15) is 11.8 Å². The van der Waals surface area contributed by atoms with Crippen LogP contribution >= 0.6 is 0 Å². The van der Waals surface area contributed by atoms with Crippen molar-refractivity contribution in [2.24, 2.45) is 0 Å². The highest BCUT2D eigenvalue weighted by Gasteiger charge is 2.21. The van der Waals surface area contributed by atoms with Crippen molar-refractivity contribution in [1.82, 2.24) is 34.6 Å². The molecule has 0 radical (unpaired) electrons. The molecule has 27 heavy (non-hydrogen) atoms. The summed E-state index contributed by atoms with van der Waals surface area (Å²) in [7, 11) is 0. The zero-order valence-electron chi connectivity index (χ0n) is 15.1. The van der Waals surface area contributed by atoms with E-state index in [4.69, 9.17) is 0 Å². The summed E-state index contributed by atoms with van der Waals surface area (Å²) in [6.07, 6.45) is 6.32. The van der Waals surface area contributed by atoms with Crippen molar-refractivity contribution in [2.75, 3.05) is 37.6 Å². The molecule has 140 valence electrons. The van der Waals surface area contributed by atoms with Gasteiger partial charge in [-0.05, 0) is 24.8 Å². The molecule has 9 nitrogen and oxygen atoms in total. The predicted molar refractivity (Wildman–Crippen MR) is 101 cm³/mol. The number of aryl methyl sites for hydroxylation is 2. The van der Waals surface area contributed by atoms with Crippen LogP contribution in [-0.4, -0.2) is 67.3 Å². The van der Waals surface area contributed by atoms with E-state index in [0.29, 0.717) is 12.2 Å². The van der Waals surface area contributed by atoms with Gasteiger partial charge in [0, 0.05) is 38.8 Å². The lowest BCUT2D eigenvalue weighted by molar-refractivity contribution is 0.242. The van der Waals surface area contributed by atoms with Crippen LogP contribution < -0.4 is 10.5 Å². The number of anilines is 1. The summed E-state index contributed by atoms with van der Waals surface area (Å²) in [6.45, 7) is 5.11. The largest absolute Gasteiger partial charge is 0.352 e. The van der Waals surface area contributed by atoms with Gasteiger partial charge in [0.25, 0.3) is 5.56 Å². The van der Waals surface area contributed by atoms with Gasteiger partial charge in [-0.2, -0.15) is 5.10 Å². The quantitative estimate of drug-likeness (QED) is 0.706. The highest BCUT2D eigenvalue weighted by molar-refractivity contribution is 5.82. The first-order valence-electron chi connectivity index (χ1n) is 9.49. The zero-order chi connectivity index (χ0) is 18.2. The van der Waals surface area contributed by atoms with Crippen molar-refractivity contribution in [1.29, 1.82) is 0 Å². The summed E-state index contributed by atoms with van der Waals surface area (Å²) in [6, 6.07) is 1.78. The maximum absolute atomic E-state index is 12.2. The Morgan fingerprint density at radius 2 is 1.93 bits per heavy atom. The Morgan fingerprint density at radius 1 is 1.04 bits per heavy atom. The summed E-state index contributed by atoms with van der Waals surface area (Å²) < 4.78 is 1.63. The Bertz CT molecular complexity index is 1020. The van der Waals surface area contributed by atoms with E-state index in [1.54, 1.807) is 23.4 Å². The van der Waals surface area contributed by atoms with Crippen molar-refractivity contribution in [3.8, 4) is 0 Å². The van der Waals surface area contributed by atoms with E-state index in [1.165, 1.54) is 0 Å². The average molecular weight is 366 g/mol. The topological polar surface area (TPSA) is 95.8 Å². The summed E-state index contributed by atoms with van der Waals surface area (Å²) in [5, 5.41) is 4.57. The molecule has 3 aromatic heterocycles. The van der Waals surface area contributed by atoms with E-state index in [1.807, 2.05) is 0 Å². The third-order valence-electron chi connectivity index (χ3n) is 5.53. The number of hydrogen-bond acceptors (Lipinski definition) is 7. The molecule has 0 bridgehead atoms. The van der Waals surface area contributed by atoms with Crippen LogP contribution in [0.4, 0.5) is 5.82 Å². The van der Waals surface area contributed by atoms with Crippen molar-refractivity contribution in [3.63, 3.8) is 0 Å². The number of piperazine rings is 1. The molecule has 4 heterocycles. The van der Waals surface area contributed by atoms with Gasteiger partial charge in [-0.25, -0.2) is 19.6 Å². The second-order valence-corrected chi connectivity index (χ2v) is 7.16. The van der Waals surface area contributed by atoms with Crippen LogP contribution in [0.25, 0.3) is 11.2 Å². The van der Waals surface area contributed by atoms with E-state index < -0.39 is 0 Å². The van der Waals surface area contributed by atoms with Gasteiger partial charge >= 0.3 is 0 Å². The first kappa shape index (κ1) is 16.4. The zero-order valence-corrected chi connectivity index (χ0v) is 15.1. The Labute approximate surface area is 156 Å². The predicted octanol–water partition coefficient (Wildman–Crippen LogP) is 0.221. The van der Waals surface area contributed by atoms with Crippen LogP contribution in [0.1, 0.15) is 17.7 Å². The average Bonchev–Trinajstić information content (AvgIpc) is 3.35. The minimum Gasteiger partial charge on any atom is -0.352 e. The first-order valence-corrected chi connectivity index (χ1v) is 9.49. The smallest absolute Gasteiger partial charge is 0.267 e. The molecule has 0 saturated carbocycles. The third kappa shape index (κ3) is 3.08. The number of nitrogens with zero attached hydrogens (tertiary/aromatic N) is 7. The molecule has 0 amide bonds. The van der Waals surface area contributed by atoms with Gasteiger partial charge in [-0.1, -0.05) is 0 Å². The van der Waals surface area contributed by atoms with Crippen LogP contribution in [0, 0.1) is 0 Å². The van der Waals surface area contributed by atoms with Crippen LogP contribution in [0.3, 0.4) is 0 Å². The number of aromatic nitrogens is 6. The molecule has 1 aliphatic carbocycles. The Hall–Kier alpha value is -2.81. The standard InChI is InChI=1S/C18H22N8O/c27-15-10-13-2-1-3-14(13)23-26(15)9-6-24-4-7-25(8-5-24)18-16-17(20-11-19-16)21-12-22-18/h10-12H,1-9H2,(H,19,20,21,22). The number of imidazole rings is 1. The van der Waals surface area contributed by atoms with Gasteiger partial charge < -0.3 is 9.88 Å². The van der Waals surface area contributed by atoms with Crippen molar-refractivity contribution >= 4 is 17.0 Å². The lowest BCUT2D eigenvalue weighted by atomic mass is 10.2. The highest BCUT2D eigenvalue weighted by Crippen LogP contribution is 2.21. The lowest BCUT2D eigenvalue weighted by Gasteiger charge is -2.35. The molecule has 0 aromatic carbocycles. The maximum atomic E-state index is 12.2. The van der Waals surface area contributed by atoms with Crippen LogP contribution in [0.2, 0.25) is 0 Å². The van der Waals surface area contributed by atoms with Gasteiger partial charge in [0.05, 0.1) is 18.6 Å². The van der Waals surface area contributed by atoms with E-state index in [9.17, 15) is 4.79 Å². The van der Waals surface area contributed by atoms with Crippen molar-refractivity contribution in [2.45, 2.75) is 25.8 Å². The number of hydrogen-bond donors (Lipinski definition) is 1. The fraction of sp³-hybridized carbons (Fsp3) is 0.500. The molecule has 1 fully saturated rings. The number of H-pyrrole nitrogens is 1. The number of nitrogens with one attached hydrogen (secondary N) is 1. The Kier molecular flexibility index (Phi) is 4.08. The van der Waals surface area contributed by atoms with Crippen LogP contribution in [-0.2, 0) is 19.4 Å². The summed E-state index contributed by atoms with van der Waals surface area (Å²) in [4.78, 5) is 32.8. The Morgan fingerprint density at radius 3 is 2.81 bits per heavy atom. The molecular weight excluding hydrogens is 344 g/mol. The summed E-state index contributed by atoms with van der Waals surface area (Å²) in [5.74, 6) is 0.911. The lowest BCUT2D eigenvalue weighted by Crippen LogP contribution is -2.48. The van der Waals surface area contributed by atoms with Crippen molar-refractivity contribution < 1.29 is 0 Å². The Balaban J connectivity index is 1.22. The van der Waals surface area contributed by atoms with Crippen LogP contribution in [0.15, 0.2) is 23.5 Å². The summed E-state index contributed by atoms with van der Waals surface area (Å²) in [5.41, 5.74) is 3.85.